The third kappa shape index (κ3) is 5.13. The van der Waals surface area contributed by atoms with E-state index in [0.717, 1.165) is 41.2 Å². The molecular formula is C24H26N4O2S. The molecule has 0 spiro atoms. The van der Waals surface area contributed by atoms with Gasteiger partial charge in [-0.1, -0.05) is 18.2 Å². The molecule has 2 aromatic carbocycles. The van der Waals surface area contributed by atoms with Crippen molar-refractivity contribution in [2.24, 2.45) is 5.73 Å². The van der Waals surface area contributed by atoms with Crippen LogP contribution in [-0.2, 0) is 16.1 Å². The summed E-state index contributed by atoms with van der Waals surface area (Å²) < 4.78 is 0. The fourth-order valence-electron chi connectivity index (χ4n) is 3.69. The number of nitrogens with one attached hydrogen (secondary N) is 2. The van der Waals surface area contributed by atoms with E-state index >= 15 is 0 Å². The van der Waals surface area contributed by atoms with Gasteiger partial charge < -0.3 is 21.3 Å². The number of amides is 2. The predicted octanol–water partition coefficient (Wildman–Crippen LogP) is 4.52. The number of anilines is 3. The highest BCUT2D eigenvalue weighted by molar-refractivity contribution is 7.10. The lowest BCUT2D eigenvalue weighted by Gasteiger charge is -2.27. The van der Waals surface area contributed by atoms with E-state index < -0.39 is 6.04 Å². The highest BCUT2D eigenvalue weighted by Crippen LogP contribution is 2.27. The van der Waals surface area contributed by atoms with E-state index in [2.05, 4.69) is 10.6 Å². The molecule has 0 unspecified atom stereocenters. The zero-order valence-electron chi connectivity index (χ0n) is 17.2. The van der Waals surface area contributed by atoms with E-state index in [0.29, 0.717) is 18.7 Å². The van der Waals surface area contributed by atoms with E-state index in [-0.39, 0.29) is 11.8 Å². The van der Waals surface area contributed by atoms with Crippen LogP contribution in [0.5, 0.6) is 0 Å². The Morgan fingerprint density at radius 2 is 1.90 bits per heavy atom. The first-order valence-electron chi connectivity index (χ1n) is 10.4. The van der Waals surface area contributed by atoms with Gasteiger partial charge in [0.15, 0.2) is 0 Å². The molecule has 4 N–H and O–H groups in total. The summed E-state index contributed by atoms with van der Waals surface area (Å²) in [6.07, 6.45) is 2.57. The zero-order valence-corrected chi connectivity index (χ0v) is 18.0. The van der Waals surface area contributed by atoms with E-state index in [4.69, 9.17) is 5.73 Å². The molecule has 6 nitrogen and oxygen atoms in total. The van der Waals surface area contributed by atoms with Crippen molar-refractivity contribution in [3.8, 4) is 0 Å². The summed E-state index contributed by atoms with van der Waals surface area (Å²) in [5.74, 6) is 0.00658. The number of hydrogen-bond acceptors (Lipinski definition) is 5. The Morgan fingerprint density at radius 3 is 2.61 bits per heavy atom. The van der Waals surface area contributed by atoms with Gasteiger partial charge in [-0.25, -0.2) is 0 Å². The van der Waals surface area contributed by atoms with Gasteiger partial charge >= 0.3 is 0 Å². The largest absolute Gasteiger partial charge is 0.369 e. The molecule has 1 aliphatic rings. The van der Waals surface area contributed by atoms with Gasteiger partial charge in [0.2, 0.25) is 5.91 Å². The molecule has 7 heteroatoms. The second-order valence-electron chi connectivity index (χ2n) is 7.54. The van der Waals surface area contributed by atoms with Crippen LogP contribution in [0, 0.1) is 0 Å². The van der Waals surface area contributed by atoms with Crippen molar-refractivity contribution in [2.75, 3.05) is 22.1 Å². The maximum absolute atomic E-state index is 13.2. The van der Waals surface area contributed by atoms with Crippen LogP contribution < -0.4 is 21.3 Å². The number of benzene rings is 2. The highest BCUT2D eigenvalue weighted by Gasteiger charge is 2.23. The Morgan fingerprint density at radius 1 is 1.06 bits per heavy atom. The van der Waals surface area contributed by atoms with Gasteiger partial charge in [-0.3, -0.25) is 9.59 Å². The van der Waals surface area contributed by atoms with Crippen LogP contribution in [0.25, 0.3) is 0 Å². The fraction of sp³-hybridized carbons (Fsp3) is 0.250. The smallest absolute Gasteiger partial charge is 0.252 e. The Kier molecular flexibility index (Phi) is 6.64. The average molecular weight is 435 g/mol. The Balaban J connectivity index is 1.49. The first-order valence-corrected chi connectivity index (χ1v) is 11.3. The van der Waals surface area contributed by atoms with Crippen molar-refractivity contribution in [3.63, 3.8) is 0 Å². The normalized spacial score (nSPS) is 14.9. The van der Waals surface area contributed by atoms with Crippen molar-refractivity contribution >= 4 is 40.2 Å². The SMILES string of the molecule is NCc1cccc(N[C@@H](C(=O)Nc2ccc(N3CCCCC3=O)cc2)c2cccs2)c1. The quantitative estimate of drug-likeness (QED) is 0.510. The number of thiophene rings is 1. The molecule has 0 aliphatic carbocycles. The molecule has 0 radical (unpaired) electrons. The number of nitrogens with two attached hydrogens (primary N) is 1. The van der Waals surface area contributed by atoms with Crippen molar-refractivity contribution in [2.45, 2.75) is 31.8 Å². The van der Waals surface area contributed by atoms with E-state index in [9.17, 15) is 9.59 Å². The van der Waals surface area contributed by atoms with Crippen LogP contribution in [0.4, 0.5) is 17.1 Å². The van der Waals surface area contributed by atoms with Crippen LogP contribution in [0.2, 0.25) is 0 Å². The summed E-state index contributed by atoms with van der Waals surface area (Å²) >= 11 is 1.53. The molecule has 2 heterocycles. The molecule has 31 heavy (non-hydrogen) atoms. The van der Waals surface area contributed by atoms with Gasteiger partial charge in [-0.2, -0.15) is 0 Å². The Labute approximate surface area is 186 Å². The zero-order chi connectivity index (χ0) is 21.6. The van der Waals surface area contributed by atoms with E-state index in [1.165, 1.54) is 11.3 Å². The molecule has 2 amide bonds. The van der Waals surface area contributed by atoms with Crippen LogP contribution >= 0.6 is 11.3 Å². The third-order valence-electron chi connectivity index (χ3n) is 5.33. The van der Waals surface area contributed by atoms with E-state index in [1.807, 2.05) is 70.9 Å². The van der Waals surface area contributed by atoms with Crippen molar-refractivity contribution < 1.29 is 9.59 Å². The standard InChI is InChI=1S/C24H26N4O2S/c25-16-17-5-3-6-19(15-17)26-23(21-7-4-14-31-21)24(30)27-18-9-11-20(12-10-18)28-13-2-1-8-22(28)29/h3-7,9-12,14-15,23,26H,1-2,8,13,16,25H2,(H,27,30)/t23-/m1/s1. The third-order valence-corrected chi connectivity index (χ3v) is 6.27. The number of piperidine rings is 1. The summed E-state index contributed by atoms with van der Waals surface area (Å²) in [6.45, 7) is 1.19. The van der Waals surface area contributed by atoms with E-state index in [1.54, 1.807) is 0 Å². The van der Waals surface area contributed by atoms with Gasteiger partial charge in [0.05, 0.1) is 0 Å². The maximum atomic E-state index is 13.2. The Hall–Kier alpha value is -3.16. The maximum Gasteiger partial charge on any atom is 0.252 e. The number of rotatable bonds is 7. The van der Waals surface area contributed by atoms with Crippen molar-refractivity contribution in [1.82, 2.24) is 0 Å². The summed E-state index contributed by atoms with van der Waals surface area (Å²) in [5, 5.41) is 8.29. The molecule has 0 saturated carbocycles. The van der Waals surface area contributed by atoms with Crippen molar-refractivity contribution in [1.29, 1.82) is 0 Å². The van der Waals surface area contributed by atoms with Gasteiger partial charge in [0.25, 0.3) is 5.91 Å². The van der Waals surface area contributed by atoms with Gasteiger partial charge in [0.1, 0.15) is 6.04 Å². The van der Waals surface area contributed by atoms with Crippen LogP contribution in [0.3, 0.4) is 0 Å². The first kappa shape index (κ1) is 21.1. The van der Waals surface area contributed by atoms with Gasteiger partial charge in [-0.05, 0) is 66.2 Å². The molecule has 160 valence electrons. The number of carbonyl (C=O) groups is 2. The fourth-order valence-corrected chi connectivity index (χ4v) is 4.47. The minimum Gasteiger partial charge on any atom is -0.369 e. The molecule has 0 bridgehead atoms. The van der Waals surface area contributed by atoms with Gasteiger partial charge in [-0.15, -0.1) is 11.3 Å². The minimum absolute atomic E-state index is 0.151. The van der Waals surface area contributed by atoms with Crippen LogP contribution in [0.15, 0.2) is 66.0 Å². The summed E-state index contributed by atoms with van der Waals surface area (Å²) in [5.41, 5.74) is 9.15. The first-order chi connectivity index (χ1) is 15.1. The van der Waals surface area contributed by atoms with Crippen molar-refractivity contribution in [3.05, 3.63) is 76.5 Å². The molecule has 1 aliphatic heterocycles. The lowest BCUT2D eigenvalue weighted by Crippen LogP contribution is -2.35. The molecular weight excluding hydrogens is 408 g/mol. The number of carbonyl (C=O) groups excluding carboxylic acids is 2. The number of nitrogens with zero attached hydrogens (tertiary/aromatic N) is 1. The van der Waals surface area contributed by atoms with Gasteiger partial charge in [0, 0.05) is 41.4 Å². The molecule has 1 atom stereocenters. The second kappa shape index (κ2) is 9.76. The molecule has 1 aromatic heterocycles. The monoisotopic (exact) mass is 434 g/mol. The topological polar surface area (TPSA) is 87.5 Å². The molecule has 4 rings (SSSR count). The predicted molar refractivity (Wildman–Crippen MR) is 126 cm³/mol. The summed E-state index contributed by atoms with van der Waals surface area (Å²) in [4.78, 5) is 28.0. The lowest BCUT2D eigenvalue weighted by molar-refractivity contribution is -0.119. The Bertz CT molecular complexity index is 1030. The van der Waals surface area contributed by atoms with Crippen LogP contribution in [0.1, 0.15) is 35.7 Å². The average Bonchev–Trinajstić information content (AvgIpc) is 3.33. The minimum atomic E-state index is -0.531. The lowest BCUT2D eigenvalue weighted by atomic mass is 10.1. The number of hydrogen-bond donors (Lipinski definition) is 3. The highest BCUT2D eigenvalue weighted by atomic mass is 32.1. The molecule has 3 aromatic rings. The summed E-state index contributed by atoms with van der Waals surface area (Å²) in [6, 6.07) is 18.6. The molecule has 1 fully saturated rings. The van der Waals surface area contributed by atoms with Crippen LogP contribution in [-0.4, -0.2) is 18.4 Å². The second-order valence-corrected chi connectivity index (χ2v) is 8.52. The summed E-state index contributed by atoms with van der Waals surface area (Å²) in [7, 11) is 0. The molecule has 1 saturated heterocycles.